The summed E-state index contributed by atoms with van der Waals surface area (Å²) in [5, 5.41) is 3.35. The molecule has 0 aromatic heterocycles. The highest BCUT2D eigenvalue weighted by Gasteiger charge is 2.42. The van der Waals surface area contributed by atoms with Crippen molar-refractivity contribution in [2.75, 3.05) is 32.4 Å². The fourth-order valence-corrected chi connectivity index (χ4v) is 2.49. The summed E-state index contributed by atoms with van der Waals surface area (Å²) < 4.78 is 2.47. The summed E-state index contributed by atoms with van der Waals surface area (Å²) >= 11 is 1.89. The fraction of sp³-hybridized carbons (Fsp3) is 1.00. The van der Waals surface area contributed by atoms with Gasteiger partial charge in [0.25, 0.3) is 0 Å². The summed E-state index contributed by atoms with van der Waals surface area (Å²) in [5.41, 5.74) is 0.684. The summed E-state index contributed by atoms with van der Waals surface area (Å²) in [6.07, 6.45) is 3.58. The maximum Gasteiger partial charge on any atom is 0.0171 e. The van der Waals surface area contributed by atoms with E-state index < -0.39 is 0 Å². The second-order valence-electron chi connectivity index (χ2n) is 3.40. The van der Waals surface area contributed by atoms with Crippen LogP contribution in [-0.2, 0) is 0 Å². The molecule has 2 aliphatic rings. The molecule has 0 unspecified atom stereocenters. The Labute approximate surface area is 66.5 Å². The summed E-state index contributed by atoms with van der Waals surface area (Å²) in [4.78, 5) is 0. The lowest BCUT2D eigenvalue weighted by Crippen LogP contribution is -2.54. The van der Waals surface area contributed by atoms with E-state index in [2.05, 4.69) is 15.9 Å². The predicted octanol–water partition coefficient (Wildman–Crippen LogP) is 0.560. The summed E-state index contributed by atoms with van der Waals surface area (Å²) in [6, 6.07) is 0. The molecule has 0 aromatic rings. The van der Waals surface area contributed by atoms with Gasteiger partial charge in [-0.2, -0.15) is 0 Å². The van der Waals surface area contributed by atoms with E-state index in [4.69, 9.17) is 0 Å². The van der Waals surface area contributed by atoms with Gasteiger partial charge in [0.15, 0.2) is 0 Å². The lowest BCUT2D eigenvalue weighted by molar-refractivity contribution is 0.188. The van der Waals surface area contributed by atoms with Crippen LogP contribution in [0.2, 0.25) is 0 Å². The van der Waals surface area contributed by atoms with Crippen LogP contribution in [0.25, 0.3) is 0 Å². The van der Waals surface area contributed by atoms with Crippen molar-refractivity contribution in [3.8, 4) is 0 Å². The predicted molar refractivity (Wildman–Crippen MR) is 45.0 cm³/mol. The SMILES string of the molecule is CSN1CCC2(CNC2)C1. The minimum atomic E-state index is 0.684. The van der Waals surface area contributed by atoms with Crippen molar-refractivity contribution in [2.24, 2.45) is 5.41 Å². The van der Waals surface area contributed by atoms with Crippen molar-refractivity contribution in [3.05, 3.63) is 0 Å². The molecule has 0 atom stereocenters. The summed E-state index contributed by atoms with van der Waals surface area (Å²) in [5.74, 6) is 0. The Bertz CT molecular complexity index is 134. The standard InChI is InChI=1S/C7H14N2S/c1-10-9-3-2-7(6-9)4-8-5-7/h8H,2-6H2,1H3. The van der Waals surface area contributed by atoms with Crippen molar-refractivity contribution in [1.82, 2.24) is 9.62 Å². The highest BCUT2D eigenvalue weighted by Crippen LogP contribution is 2.36. The van der Waals surface area contributed by atoms with Crippen LogP contribution in [0.1, 0.15) is 6.42 Å². The summed E-state index contributed by atoms with van der Waals surface area (Å²) in [6.45, 7) is 5.11. The Hall–Kier alpha value is 0.270. The highest BCUT2D eigenvalue weighted by atomic mass is 32.2. The number of nitrogens with one attached hydrogen (secondary N) is 1. The van der Waals surface area contributed by atoms with Gasteiger partial charge in [-0.05, 0) is 12.7 Å². The molecule has 1 N–H and O–H groups in total. The highest BCUT2D eigenvalue weighted by molar-refractivity contribution is 7.96. The van der Waals surface area contributed by atoms with Gasteiger partial charge < -0.3 is 5.32 Å². The van der Waals surface area contributed by atoms with Crippen LogP contribution < -0.4 is 5.32 Å². The minimum absolute atomic E-state index is 0.684. The average Bonchev–Trinajstić information content (AvgIpc) is 2.29. The second kappa shape index (κ2) is 2.40. The molecule has 0 aliphatic carbocycles. The maximum absolute atomic E-state index is 3.35. The van der Waals surface area contributed by atoms with Crippen molar-refractivity contribution in [1.29, 1.82) is 0 Å². The van der Waals surface area contributed by atoms with E-state index in [1.54, 1.807) is 0 Å². The van der Waals surface area contributed by atoms with Crippen molar-refractivity contribution in [2.45, 2.75) is 6.42 Å². The number of hydrogen-bond acceptors (Lipinski definition) is 3. The topological polar surface area (TPSA) is 15.3 Å². The van der Waals surface area contributed by atoms with Gasteiger partial charge in [0.05, 0.1) is 0 Å². The maximum atomic E-state index is 3.35. The van der Waals surface area contributed by atoms with Gasteiger partial charge in [-0.25, -0.2) is 0 Å². The molecule has 0 amide bonds. The van der Waals surface area contributed by atoms with Gasteiger partial charge in [-0.1, -0.05) is 11.9 Å². The zero-order chi connectivity index (χ0) is 7.03. The Morgan fingerprint density at radius 3 is 2.60 bits per heavy atom. The second-order valence-corrected chi connectivity index (χ2v) is 4.28. The summed E-state index contributed by atoms with van der Waals surface area (Å²) in [7, 11) is 0. The minimum Gasteiger partial charge on any atom is -0.315 e. The zero-order valence-corrected chi connectivity index (χ0v) is 7.21. The monoisotopic (exact) mass is 158 g/mol. The van der Waals surface area contributed by atoms with E-state index in [1.807, 2.05) is 11.9 Å². The molecule has 1 spiro atoms. The first kappa shape index (κ1) is 6.95. The van der Waals surface area contributed by atoms with E-state index in [1.165, 1.54) is 32.6 Å². The molecule has 0 aromatic carbocycles. The van der Waals surface area contributed by atoms with Gasteiger partial charge in [0, 0.05) is 31.6 Å². The molecule has 2 nitrogen and oxygen atoms in total. The molecule has 3 heteroatoms. The quantitative estimate of drug-likeness (QED) is 0.561. The van der Waals surface area contributed by atoms with Crippen molar-refractivity contribution >= 4 is 11.9 Å². The van der Waals surface area contributed by atoms with E-state index in [0.717, 1.165) is 0 Å². The van der Waals surface area contributed by atoms with E-state index in [-0.39, 0.29) is 0 Å². The fourth-order valence-electron chi connectivity index (χ4n) is 1.82. The first-order valence-electron chi connectivity index (χ1n) is 3.84. The molecule has 0 radical (unpaired) electrons. The van der Waals surface area contributed by atoms with E-state index in [9.17, 15) is 0 Å². The third kappa shape index (κ3) is 0.966. The molecule has 2 rings (SSSR count). The third-order valence-corrected chi connectivity index (χ3v) is 3.49. The average molecular weight is 158 g/mol. The van der Waals surface area contributed by atoms with E-state index >= 15 is 0 Å². The first-order chi connectivity index (χ1) is 4.85. The van der Waals surface area contributed by atoms with Gasteiger partial charge in [0.2, 0.25) is 0 Å². The zero-order valence-electron chi connectivity index (χ0n) is 6.39. The molecule has 0 bridgehead atoms. The van der Waals surface area contributed by atoms with E-state index in [0.29, 0.717) is 5.41 Å². The molecule has 2 fully saturated rings. The van der Waals surface area contributed by atoms with Gasteiger partial charge in [0.1, 0.15) is 0 Å². The molecular weight excluding hydrogens is 144 g/mol. The lowest BCUT2D eigenvalue weighted by atomic mass is 9.81. The Kier molecular flexibility index (Phi) is 1.66. The molecule has 2 heterocycles. The molecule has 58 valence electrons. The third-order valence-electron chi connectivity index (χ3n) is 2.66. The van der Waals surface area contributed by atoms with Crippen molar-refractivity contribution < 1.29 is 0 Å². The largest absolute Gasteiger partial charge is 0.315 e. The van der Waals surface area contributed by atoms with Crippen LogP contribution in [-0.4, -0.2) is 36.7 Å². The van der Waals surface area contributed by atoms with Gasteiger partial charge in [-0.3, -0.25) is 4.31 Å². The Balaban J connectivity index is 1.92. The molecule has 2 saturated heterocycles. The first-order valence-corrected chi connectivity index (χ1v) is 5.03. The van der Waals surface area contributed by atoms with Crippen LogP contribution in [0.4, 0.5) is 0 Å². The smallest absolute Gasteiger partial charge is 0.0171 e. The molecular formula is C7H14N2S. The molecule has 0 saturated carbocycles. The molecule has 10 heavy (non-hydrogen) atoms. The normalized spacial score (nSPS) is 30.9. The van der Waals surface area contributed by atoms with Crippen LogP contribution in [0.3, 0.4) is 0 Å². The Morgan fingerprint density at radius 2 is 2.30 bits per heavy atom. The number of hydrogen-bond donors (Lipinski definition) is 1. The van der Waals surface area contributed by atoms with Crippen LogP contribution >= 0.6 is 11.9 Å². The van der Waals surface area contributed by atoms with Gasteiger partial charge in [-0.15, -0.1) is 0 Å². The van der Waals surface area contributed by atoms with Crippen molar-refractivity contribution in [3.63, 3.8) is 0 Å². The van der Waals surface area contributed by atoms with Crippen LogP contribution in [0.5, 0.6) is 0 Å². The lowest BCUT2D eigenvalue weighted by Gasteiger charge is -2.38. The van der Waals surface area contributed by atoms with Crippen LogP contribution in [0, 0.1) is 5.41 Å². The van der Waals surface area contributed by atoms with Crippen LogP contribution in [0.15, 0.2) is 0 Å². The number of nitrogens with zero attached hydrogens (tertiary/aromatic N) is 1. The Morgan fingerprint density at radius 1 is 1.50 bits per heavy atom. The molecule has 2 aliphatic heterocycles. The number of rotatable bonds is 1. The van der Waals surface area contributed by atoms with Gasteiger partial charge >= 0.3 is 0 Å².